The third-order valence-electron chi connectivity index (χ3n) is 5.72. The van der Waals surface area contributed by atoms with E-state index in [0.29, 0.717) is 5.56 Å². The van der Waals surface area contributed by atoms with Gasteiger partial charge in [0.05, 0.1) is 13.0 Å². The number of carboxylic acids is 1. The number of hydrogen-bond acceptors (Lipinski definition) is 10. The van der Waals surface area contributed by atoms with Crippen LogP contribution in [0.5, 0.6) is 0 Å². The maximum absolute atomic E-state index is 12.8. The number of imide groups is 1. The van der Waals surface area contributed by atoms with Crippen molar-refractivity contribution in [3.05, 3.63) is 42.0 Å². The van der Waals surface area contributed by atoms with Gasteiger partial charge >= 0.3 is 11.9 Å². The summed E-state index contributed by atoms with van der Waals surface area (Å²) in [6, 6.07) is 1.70. The van der Waals surface area contributed by atoms with Crippen LogP contribution in [0.15, 0.2) is 36.4 Å². The van der Waals surface area contributed by atoms with E-state index in [1.165, 1.54) is 26.0 Å². The van der Waals surface area contributed by atoms with Crippen LogP contribution in [0, 0.1) is 0 Å². The number of esters is 1. The number of anilines is 1. The molecule has 1 aliphatic rings. The SMILES string of the molecule is CC(=O)OCc1ccc(NC(=O)[C@H](CO)NC(=O)[C@H](CC(=O)O)NC(=O)[C@@H](C)NC(=O)CCN2C(=O)C=CC2=O)cc1. The van der Waals surface area contributed by atoms with E-state index in [2.05, 4.69) is 21.3 Å². The molecule has 0 bridgehead atoms. The molecule has 0 saturated carbocycles. The largest absolute Gasteiger partial charge is 0.481 e. The number of aliphatic carboxylic acids is 1. The Balaban J connectivity index is 1.93. The van der Waals surface area contributed by atoms with Crippen molar-refractivity contribution in [3.8, 4) is 0 Å². The number of ether oxygens (including phenoxy) is 1. The zero-order valence-corrected chi connectivity index (χ0v) is 22.7. The summed E-state index contributed by atoms with van der Waals surface area (Å²) in [6.07, 6.45) is 0.925. The Labute approximate surface area is 239 Å². The number of amides is 6. The number of aliphatic hydroxyl groups excluding tert-OH is 1. The number of hydrogen-bond donors (Lipinski definition) is 6. The Hall–Kier alpha value is -5.12. The maximum atomic E-state index is 12.8. The standard InChI is InChI=1S/C26H31N5O11/c1-14(27-20(34)9-10-31-21(35)7-8-22(31)36)24(39)29-18(11-23(37)38)25(40)30-19(12-32)26(41)28-17-5-3-16(4-6-17)13-42-15(2)33/h3-8,14,18-19,32H,9-13H2,1-2H3,(H,27,34)(H,28,41)(H,29,39)(H,30,40)(H,37,38)/t14-,18+,19+/m1/s1. The molecule has 0 aliphatic carbocycles. The number of aliphatic hydroxyl groups is 1. The van der Waals surface area contributed by atoms with Crippen molar-refractivity contribution in [3.63, 3.8) is 0 Å². The summed E-state index contributed by atoms with van der Waals surface area (Å²) >= 11 is 0. The number of benzene rings is 1. The third kappa shape index (κ3) is 10.5. The monoisotopic (exact) mass is 589 g/mol. The van der Waals surface area contributed by atoms with Gasteiger partial charge in [-0.3, -0.25) is 43.3 Å². The third-order valence-corrected chi connectivity index (χ3v) is 5.72. The highest BCUT2D eigenvalue weighted by Gasteiger charge is 2.30. The van der Waals surface area contributed by atoms with Crippen molar-refractivity contribution in [2.45, 2.75) is 51.4 Å². The average molecular weight is 590 g/mol. The first-order chi connectivity index (χ1) is 19.8. The molecule has 1 heterocycles. The highest BCUT2D eigenvalue weighted by Crippen LogP contribution is 2.11. The van der Waals surface area contributed by atoms with Crippen LogP contribution in [0.4, 0.5) is 5.69 Å². The van der Waals surface area contributed by atoms with Gasteiger partial charge in [0.2, 0.25) is 23.6 Å². The second-order valence-electron chi connectivity index (χ2n) is 9.07. The molecule has 2 rings (SSSR count). The summed E-state index contributed by atoms with van der Waals surface area (Å²) in [4.78, 5) is 96.4. The molecule has 16 nitrogen and oxygen atoms in total. The molecule has 6 N–H and O–H groups in total. The van der Waals surface area contributed by atoms with E-state index in [4.69, 9.17) is 4.74 Å². The number of nitrogens with one attached hydrogen (secondary N) is 4. The number of rotatable bonds is 15. The van der Waals surface area contributed by atoms with E-state index in [1.54, 1.807) is 12.1 Å². The molecule has 0 spiro atoms. The lowest BCUT2D eigenvalue weighted by Gasteiger charge is -2.23. The highest BCUT2D eigenvalue weighted by atomic mass is 16.5. The lowest BCUT2D eigenvalue weighted by atomic mass is 10.1. The normalized spacial score (nSPS) is 14.4. The Bertz CT molecular complexity index is 1240. The maximum Gasteiger partial charge on any atom is 0.305 e. The van der Waals surface area contributed by atoms with Crippen molar-refractivity contribution in [2.75, 3.05) is 18.5 Å². The van der Waals surface area contributed by atoms with Gasteiger partial charge in [-0.15, -0.1) is 0 Å². The van der Waals surface area contributed by atoms with Crippen LogP contribution in [0.3, 0.4) is 0 Å². The van der Waals surface area contributed by atoms with Gasteiger partial charge in [-0.25, -0.2) is 0 Å². The summed E-state index contributed by atoms with van der Waals surface area (Å²) in [6.45, 7) is 1.46. The van der Waals surface area contributed by atoms with Crippen molar-refractivity contribution >= 4 is 53.1 Å². The summed E-state index contributed by atoms with van der Waals surface area (Å²) in [5.74, 6) is -6.64. The van der Waals surface area contributed by atoms with Crippen LogP contribution in [0.2, 0.25) is 0 Å². The fourth-order valence-electron chi connectivity index (χ4n) is 3.49. The van der Waals surface area contributed by atoms with E-state index in [0.717, 1.165) is 17.1 Å². The first kappa shape index (κ1) is 33.1. The number of carbonyl (C=O) groups excluding carboxylic acids is 7. The number of carbonyl (C=O) groups is 8. The molecular formula is C26H31N5O11. The molecule has 1 aromatic carbocycles. The van der Waals surface area contributed by atoms with Crippen LogP contribution in [-0.2, 0) is 49.7 Å². The van der Waals surface area contributed by atoms with Crippen molar-refractivity contribution in [2.24, 2.45) is 0 Å². The highest BCUT2D eigenvalue weighted by molar-refractivity contribution is 6.13. The van der Waals surface area contributed by atoms with Crippen LogP contribution < -0.4 is 21.3 Å². The summed E-state index contributed by atoms with van der Waals surface area (Å²) < 4.78 is 4.87. The van der Waals surface area contributed by atoms with Crippen LogP contribution >= 0.6 is 0 Å². The lowest BCUT2D eigenvalue weighted by Crippen LogP contribution is -2.57. The molecule has 6 amide bonds. The molecule has 0 unspecified atom stereocenters. The van der Waals surface area contributed by atoms with E-state index >= 15 is 0 Å². The lowest BCUT2D eigenvalue weighted by molar-refractivity contribution is -0.142. The van der Waals surface area contributed by atoms with Crippen LogP contribution in [0.25, 0.3) is 0 Å². The Morgan fingerprint density at radius 3 is 2.02 bits per heavy atom. The van der Waals surface area contributed by atoms with Crippen LogP contribution in [0.1, 0.15) is 32.3 Å². The van der Waals surface area contributed by atoms with Crippen molar-refractivity contribution in [1.82, 2.24) is 20.9 Å². The Morgan fingerprint density at radius 2 is 1.48 bits per heavy atom. The van der Waals surface area contributed by atoms with Gasteiger partial charge in [-0.1, -0.05) is 12.1 Å². The zero-order chi connectivity index (χ0) is 31.4. The first-order valence-electron chi connectivity index (χ1n) is 12.6. The number of nitrogens with zero attached hydrogens (tertiary/aromatic N) is 1. The van der Waals surface area contributed by atoms with Gasteiger partial charge in [0.15, 0.2) is 0 Å². The molecule has 1 aromatic rings. The van der Waals surface area contributed by atoms with Gasteiger partial charge in [0, 0.05) is 37.7 Å². The molecule has 0 saturated heterocycles. The van der Waals surface area contributed by atoms with E-state index < -0.39 is 78.5 Å². The fraction of sp³-hybridized carbons (Fsp3) is 0.385. The predicted molar refractivity (Wildman–Crippen MR) is 142 cm³/mol. The van der Waals surface area contributed by atoms with Crippen LogP contribution in [-0.4, -0.2) is 93.8 Å². The summed E-state index contributed by atoms with van der Waals surface area (Å²) in [7, 11) is 0. The summed E-state index contributed by atoms with van der Waals surface area (Å²) in [5, 5.41) is 28.0. The minimum absolute atomic E-state index is 0.0240. The minimum atomic E-state index is -1.68. The summed E-state index contributed by atoms with van der Waals surface area (Å²) in [5.41, 5.74) is 0.927. The quantitative estimate of drug-likeness (QED) is 0.0961. The molecule has 42 heavy (non-hydrogen) atoms. The van der Waals surface area contributed by atoms with Gasteiger partial charge < -0.3 is 36.2 Å². The number of carboxylic acid groups (broad SMARTS) is 1. The molecular weight excluding hydrogens is 558 g/mol. The van der Waals surface area contributed by atoms with E-state index in [-0.39, 0.29) is 25.3 Å². The van der Waals surface area contributed by atoms with Gasteiger partial charge in [-0.2, -0.15) is 0 Å². The van der Waals surface area contributed by atoms with Gasteiger partial charge in [0.25, 0.3) is 11.8 Å². The second-order valence-corrected chi connectivity index (χ2v) is 9.07. The van der Waals surface area contributed by atoms with E-state index in [1.807, 2.05) is 0 Å². The Morgan fingerprint density at radius 1 is 0.881 bits per heavy atom. The first-order valence-corrected chi connectivity index (χ1v) is 12.6. The molecule has 1 aliphatic heterocycles. The molecule has 0 fully saturated rings. The molecule has 3 atom stereocenters. The topological polar surface area (TPSA) is 238 Å². The second kappa shape index (κ2) is 15.6. The minimum Gasteiger partial charge on any atom is -0.481 e. The van der Waals surface area contributed by atoms with Gasteiger partial charge in [-0.05, 0) is 24.6 Å². The molecule has 0 radical (unpaired) electrons. The molecule has 0 aromatic heterocycles. The fourth-order valence-corrected chi connectivity index (χ4v) is 3.49. The predicted octanol–water partition coefficient (Wildman–Crippen LogP) is -2.06. The molecule has 226 valence electrons. The van der Waals surface area contributed by atoms with Crippen molar-refractivity contribution in [1.29, 1.82) is 0 Å². The van der Waals surface area contributed by atoms with E-state index in [9.17, 15) is 48.6 Å². The van der Waals surface area contributed by atoms with Crippen molar-refractivity contribution < 1.29 is 53.3 Å². The van der Waals surface area contributed by atoms with Gasteiger partial charge in [0.1, 0.15) is 24.7 Å². The molecule has 16 heteroatoms. The smallest absolute Gasteiger partial charge is 0.305 e. The average Bonchev–Trinajstić information content (AvgIpc) is 3.25. The Kier molecular flexibility index (Phi) is 12.3. The zero-order valence-electron chi connectivity index (χ0n) is 22.7.